The van der Waals surface area contributed by atoms with Crippen LogP contribution in [-0.2, 0) is 6.54 Å². The van der Waals surface area contributed by atoms with Crippen LogP contribution in [0.2, 0.25) is 0 Å². The third-order valence-corrected chi connectivity index (χ3v) is 3.47. The molecule has 0 amide bonds. The highest BCUT2D eigenvalue weighted by atomic mass is 32.2. The number of hydrogen-bond acceptors (Lipinski definition) is 2. The summed E-state index contributed by atoms with van der Waals surface area (Å²) in [7, 11) is 0. The van der Waals surface area contributed by atoms with Crippen molar-refractivity contribution in [2.75, 3.05) is 0 Å². The molecular weight excluding hydrogens is 166 g/mol. The number of benzene rings is 1. The molecule has 0 saturated heterocycles. The van der Waals surface area contributed by atoms with Crippen LogP contribution in [0.25, 0.3) is 0 Å². The van der Waals surface area contributed by atoms with Gasteiger partial charge in [-0.25, -0.2) is 4.31 Å². The van der Waals surface area contributed by atoms with E-state index in [0.717, 1.165) is 6.54 Å². The second-order valence-electron chi connectivity index (χ2n) is 3.37. The number of fused-ring (bicyclic) bond motifs is 1. The van der Waals surface area contributed by atoms with E-state index >= 15 is 0 Å². The van der Waals surface area contributed by atoms with E-state index in [-0.39, 0.29) is 0 Å². The Hall–Kier alpha value is -0.470. The summed E-state index contributed by atoms with van der Waals surface area (Å²) in [5.74, 6) is 0. The van der Waals surface area contributed by atoms with Gasteiger partial charge < -0.3 is 0 Å². The fourth-order valence-electron chi connectivity index (χ4n) is 1.34. The van der Waals surface area contributed by atoms with Gasteiger partial charge in [0.2, 0.25) is 0 Å². The monoisotopic (exact) mass is 179 g/mol. The number of rotatable bonds is 1. The van der Waals surface area contributed by atoms with Gasteiger partial charge in [0.1, 0.15) is 0 Å². The third kappa shape index (κ3) is 1.37. The smallest absolute Gasteiger partial charge is 0.0358 e. The summed E-state index contributed by atoms with van der Waals surface area (Å²) in [6, 6.07) is 9.26. The van der Waals surface area contributed by atoms with Crippen LogP contribution in [0.1, 0.15) is 19.4 Å². The molecule has 0 fully saturated rings. The Kier molecular flexibility index (Phi) is 2.11. The zero-order chi connectivity index (χ0) is 8.55. The minimum absolute atomic E-state index is 0.627. The van der Waals surface area contributed by atoms with Gasteiger partial charge in [0.05, 0.1) is 0 Å². The molecule has 1 aliphatic rings. The lowest BCUT2D eigenvalue weighted by Crippen LogP contribution is -2.18. The molecule has 1 aromatic carbocycles. The lowest BCUT2D eigenvalue weighted by Gasteiger charge is -2.17. The molecule has 0 saturated carbocycles. The number of nitrogens with zero attached hydrogens (tertiary/aromatic N) is 1. The third-order valence-electron chi connectivity index (χ3n) is 2.09. The van der Waals surface area contributed by atoms with E-state index in [9.17, 15) is 0 Å². The van der Waals surface area contributed by atoms with Crippen LogP contribution in [-0.4, -0.2) is 10.3 Å². The van der Waals surface area contributed by atoms with Crippen molar-refractivity contribution in [1.82, 2.24) is 4.31 Å². The average molecular weight is 179 g/mol. The molecule has 1 heterocycles. The second kappa shape index (κ2) is 3.11. The van der Waals surface area contributed by atoms with Crippen LogP contribution >= 0.6 is 11.9 Å². The van der Waals surface area contributed by atoms with E-state index in [0.29, 0.717) is 6.04 Å². The first-order valence-corrected chi connectivity index (χ1v) is 5.07. The highest BCUT2D eigenvalue weighted by molar-refractivity contribution is 7.97. The topological polar surface area (TPSA) is 3.24 Å². The molecule has 2 rings (SSSR count). The van der Waals surface area contributed by atoms with Crippen molar-refractivity contribution in [2.24, 2.45) is 0 Å². The van der Waals surface area contributed by atoms with E-state index in [1.807, 2.05) is 11.9 Å². The maximum atomic E-state index is 2.41. The molecule has 0 N–H and O–H groups in total. The van der Waals surface area contributed by atoms with Gasteiger partial charge in [-0.2, -0.15) is 0 Å². The minimum atomic E-state index is 0.627. The first-order chi connectivity index (χ1) is 5.77. The van der Waals surface area contributed by atoms with Gasteiger partial charge in [-0.1, -0.05) is 18.2 Å². The van der Waals surface area contributed by atoms with Crippen molar-refractivity contribution < 1.29 is 0 Å². The summed E-state index contributed by atoms with van der Waals surface area (Å²) < 4.78 is 2.41. The van der Waals surface area contributed by atoms with Crippen molar-refractivity contribution in [3.8, 4) is 0 Å². The van der Waals surface area contributed by atoms with Crippen molar-refractivity contribution in [1.29, 1.82) is 0 Å². The van der Waals surface area contributed by atoms with E-state index in [2.05, 4.69) is 42.4 Å². The molecule has 1 nitrogen and oxygen atoms in total. The van der Waals surface area contributed by atoms with Crippen molar-refractivity contribution >= 4 is 11.9 Å². The van der Waals surface area contributed by atoms with Crippen molar-refractivity contribution in [3.63, 3.8) is 0 Å². The van der Waals surface area contributed by atoms with Gasteiger partial charge >= 0.3 is 0 Å². The van der Waals surface area contributed by atoms with Crippen LogP contribution in [0.15, 0.2) is 29.2 Å². The van der Waals surface area contributed by atoms with Gasteiger partial charge in [-0.05, 0) is 37.4 Å². The molecule has 1 aliphatic heterocycles. The van der Waals surface area contributed by atoms with E-state index in [4.69, 9.17) is 0 Å². The molecule has 1 aromatic rings. The normalized spacial score (nSPS) is 16.9. The zero-order valence-electron chi connectivity index (χ0n) is 7.45. The zero-order valence-corrected chi connectivity index (χ0v) is 8.27. The molecular formula is C10H13NS. The maximum Gasteiger partial charge on any atom is 0.0358 e. The SMILES string of the molecule is CC(C)N1Cc2ccccc2S1. The van der Waals surface area contributed by atoms with Gasteiger partial charge in [0.25, 0.3) is 0 Å². The second-order valence-corrected chi connectivity index (χ2v) is 4.46. The van der Waals surface area contributed by atoms with Crippen LogP contribution in [0, 0.1) is 0 Å². The predicted octanol–water partition coefficient (Wildman–Crippen LogP) is 2.92. The molecule has 0 aromatic heterocycles. The van der Waals surface area contributed by atoms with Crippen molar-refractivity contribution in [3.05, 3.63) is 29.8 Å². The molecule has 0 radical (unpaired) electrons. The molecule has 0 bridgehead atoms. The van der Waals surface area contributed by atoms with Crippen LogP contribution in [0.4, 0.5) is 0 Å². The first-order valence-electron chi connectivity index (χ1n) is 4.30. The molecule has 0 unspecified atom stereocenters. The van der Waals surface area contributed by atoms with Crippen LogP contribution in [0.5, 0.6) is 0 Å². The fraction of sp³-hybridized carbons (Fsp3) is 0.400. The van der Waals surface area contributed by atoms with Gasteiger partial charge in [0.15, 0.2) is 0 Å². The summed E-state index contributed by atoms with van der Waals surface area (Å²) in [5, 5.41) is 0. The molecule has 12 heavy (non-hydrogen) atoms. The molecule has 0 atom stereocenters. The van der Waals surface area contributed by atoms with Gasteiger partial charge in [-0.15, -0.1) is 0 Å². The Morgan fingerprint density at radius 1 is 1.33 bits per heavy atom. The Bertz CT molecular complexity index is 258. The average Bonchev–Trinajstić information content (AvgIpc) is 2.46. The lowest BCUT2D eigenvalue weighted by molar-refractivity contribution is 0.401. The summed E-state index contributed by atoms with van der Waals surface area (Å²) in [5.41, 5.74) is 1.47. The summed E-state index contributed by atoms with van der Waals surface area (Å²) in [6.45, 7) is 5.57. The van der Waals surface area contributed by atoms with Gasteiger partial charge in [0, 0.05) is 17.5 Å². The minimum Gasteiger partial charge on any atom is -0.239 e. The Balaban J connectivity index is 2.22. The standard InChI is InChI=1S/C10H13NS/c1-8(2)11-7-9-5-3-4-6-10(9)12-11/h3-6,8H,7H2,1-2H3. The maximum absolute atomic E-state index is 2.41. The fourth-order valence-corrected chi connectivity index (χ4v) is 2.39. The van der Waals surface area contributed by atoms with E-state index in [1.54, 1.807) is 0 Å². The Morgan fingerprint density at radius 3 is 2.75 bits per heavy atom. The molecule has 0 aliphatic carbocycles. The molecule has 2 heteroatoms. The highest BCUT2D eigenvalue weighted by Gasteiger charge is 2.20. The Labute approximate surface area is 77.9 Å². The largest absolute Gasteiger partial charge is 0.239 e. The predicted molar refractivity (Wildman–Crippen MR) is 53.0 cm³/mol. The quantitative estimate of drug-likeness (QED) is 0.610. The molecule has 0 spiro atoms. The van der Waals surface area contributed by atoms with Crippen LogP contribution in [0.3, 0.4) is 0 Å². The first kappa shape index (κ1) is 8.14. The molecule has 64 valence electrons. The van der Waals surface area contributed by atoms with E-state index < -0.39 is 0 Å². The summed E-state index contributed by atoms with van der Waals surface area (Å²) in [6.07, 6.45) is 0. The van der Waals surface area contributed by atoms with E-state index in [1.165, 1.54) is 10.5 Å². The van der Waals surface area contributed by atoms with Crippen molar-refractivity contribution in [2.45, 2.75) is 31.3 Å². The van der Waals surface area contributed by atoms with Gasteiger partial charge in [-0.3, -0.25) is 0 Å². The summed E-state index contributed by atoms with van der Waals surface area (Å²) >= 11 is 1.88. The number of hydrogen-bond donors (Lipinski definition) is 0. The lowest BCUT2D eigenvalue weighted by atomic mass is 10.2. The van der Waals surface area contributed by atoms with Crippen LogP contribution < -0.4 is 0 Å². The summed E-state index contributed by atoms with van der Waals surface area (Å²) in [4.78, 5) is 1.42. The highest BCUT2D eigenvalue weighted by Crippen LogP contribution is 2.36. The Morgan fingerprint density at radius 2 is 2.08 bits per heavy atom.